The quantitative estimate of drug-likeness (QED) is 0.923. The zero-order valence-corrected chi connectivity index (χ0v) is 13.8. The number of hydrogen-bond acceptors (Lipinski definition) is 3. The molecule has 0 atom stereocenters. The van der Waals surface area contributed by atoms with Crippen LogP contribution in [0.4, 0.5) is 5.69 Å². The van der Waals surface area contributed by atoms with E-state index in [1.54, 1.807) is 0 Å². The minimum Gasteiger partial charge on any atom is -0.341 e. The number of benzene rings is 1. The fraction of sp³-hybridized carbons (Fsp3) is 0.556. The molecule has 1 aromatic rings. The van der Waals surface area contributed by atoms with Gasteiger partial charge in [0.15, 0.2) is 0 Å². The first-order valence-electron chi connectivity index (χ1n) is 8.49. The summed E-state index contributed by atoms with van der Waals surface area (Å²) in [5, 5.41) is 2.95. The Morgan fingerprint density at radius 1 is 1.17 bits per heavy atom. The van der Waals surface area contributed by atoms with E-state index in [0.29, 0.717) is 12.5 Å². The van der Waals surface area contributed by atoms with Crippen molar-refractivity contribution in [2.24, 2.45) is 5.92 Å². The zero-order valence-electron chi connectivity index (χ0n) is 13.8. The van der Waals surface area contributed by atoms with Crippen LogP contribution in [0.15, 0.2) is 24.3 Å². The summed E-state index contributed by atoms with van der Waals surface area (Å²) in [4.78, 5) is 28.5. The van der Waals surface area contributed by atoms with Gasteiger partial charge in [0.1, 0.15) is 0 Å². The molecule has 0 bridgehead atoms. The standard InChI is InChI=1S/C18H25N3O2/c1-14-4-2-5-16(12-14)19-17(22)13-20-8-3-9-21(11-10-20)18(23)15-6-7-15/h2,4-5,12,15H,3,6-11,13H2,1H3,(H,19,22). The van der Waals surface area contributed by atoms with Crippen LogP contribution in [0.25, 0.3) is 0 Å². The van der Waals surface area contributed by atoms with Gasteiger partial charge in [-0.15, -0.1) is 0 Å². The van der Waals surface area contributed by atoms with E-state index in [2.05, 4.69) is 10.2 Å². The number of anilines is 1. The van der Waals surface area contributed by atoms with E-state index in [9.17, 15) is 9.59 Å². The maximum atomic E-state index is 12.2. The number of hydrogen-bond donors (Lipinski definition) is 1. The molecule has 1 saturated heterocycles. The molecule has 124 valence electrons. The second kappa shape index (κ2) is 7.13. The molecule has 0 unspecified atom stereocenters. The molecule has 1 saturated carbocycles. The minimum absolute atomic E-state index is 0.0116. The number of nitrogens with one attached hydrogen (secondary N) is 1. The molecule has 1 heterocycles. The van der Waals surface area contributed by atoms with E-state index in [1.165, 1.54) is 0 Å². The van der Waals surface area contributed by atoms with Crippen molar-refractivity contribution in [3.63, 3.8) is 0 Å². The van der Waals surface area contributed by atoms with Crippen molar-refractivity contribution in [1.82, 2.24) is 9.80 Å². The van der Waals surface area contributed by atoms with Gasteiger partial charge in [-0.1, -0.05) is 12.1 Å². The lowest BCUT2D eigenvalue weighted by atomic mass is 10.2. The molecule has 2 aliphatic rings. The van der Waals surface area contributed by atoms with Gasteiger partial charge in [0.25, 0.3) is 0 Å². The van der Waals surface area contributed by atoms with Crippen LogP contribution in [0.3, 0.4) is 0 Å². The average molecular weight is 315 g/mol. The Morgan fingerprint density at radius 3 is 2.74 bits per heavy atom. The van der Waals surface area contributed by atoms with Gasteiger partial charge in [0.2, 0.25) is 11.8 Å². The third kappa shape index (κ3) is 4.55. The van der Waals surface area contributed by atoms with E-state index in [0.717, 1.165) is 56.7 Å². The molecule has 23 heavy (non-hydrogen) atoms. The Hall–Kier alpha value is -1.88. The summed E-state index contributed by atoms with van der Waals surface area (Å²) >= 11 is 0. The van der Waals surface area contributed by atoms with E-state index in [-0.39, 0.29) is 11.8 Å². The Labute approximate surface area is 137 Å². The van der Waals surface area contributed by atoms with Crippen molar-refractivity contribution < 1.29 is 9.59 Å². The van der Waals surface area contributed by atoms with Gasteiger partial charge in [0, 0.05) is 37.8 Å². The second-order valence-corrected chi connectivity index (χ2v) is 6.65. The summed E-state index contributed by atoms with van der Waals surface area (Å²) in [6.07, 6.45) is 3.05. The maximum Gasteiger partial charge on any atom is 0.238 e. The number of nitrogens with zero attached hydrogens (tertiary/aromatic N) is 2. The van der Waals surface area contributed by atoms with Crippen LogP contribution in [0.5, 0.6) is 0 Å². The summed E-state index contributed by atoms with van der Waals surface area (Å²) in [5.41, 5.74) is 1.97. The molecular formula is C18H25N3O2. The SMILES string of the molecule is Cc1cccc(NC(=O)CN2CCCN(C(=O)C3CC3)CC2)c1. The van der Waals surface area contributed by atoms with Crippen LogP contribution in [0.1, 0.15) is 24.8 Å². The van der Waals surface area contributed by atoms with Crippen LogP contribution < -0.4 is 5.32 Å². The highest BCUT2D eigenvalue weighted by atomic mass is 16.2. The Kier molecular flexibility index (Phi) is 4.96. The Morgan fingerprint density at radius 2 is 2.00 bits per heavy atom. The maximum absolute atomic E-state index is 12.2. The molecule has 2 fully saturated rings. The summed E-state index contributed by atoms with van der Waals surface area (Å²) in [7, 11) is 0. The number of aryl methyl sites for hydroxylation is 1. The van der Waals surface area contributed by atoms with E-state index >= 15 is 0 Å². The van der Waals surface area contributed by atoms with Gasteiger partial charge >= 0.3 is 0 Å². The molecule has 5 heteroatoms. The van der Waals surface area contributed by atoms with E-state index in [1.807, 2.05) is 36.1 Å². The molecule has 2 amide bonds. The summed E-state index contributed by atoms with van der Waals surface area (Å²) in [6, 6.07) is 7.83. The van der Waals surface area contributed by atoms with Crippen molar-refractivity contribution in [2.45, 2.75) is 26.2 Å². The van der Waals surface area contributed by atoms with E-state index in [4.69, 9.17) is 0 Å². The van der Waals surface area contributed by atoms with Crippen molar-refractivity contribution in [3.8, 4) is 0 Å². The van der Waals surface area contributed by atoms with Crippen molar-refractivity contribution >= 4 is 17.5 Å². The molecular weight excluding hydrogens is 290 g/mol. The van der Waals surface area contributed by atoms with E-state index < -0.39 is 0 Å². The van der Waals surface area contributed by atoms with Gasteiger partial charge in [0.05, 0.1) is 6.54 Å². The largest absolute Gasteiger partial charge is 0.341 e. The topological polar surface area (TPSA) is 52.7 Å². The lowest BCUT2D eigenvalue weighted by Gasteiger charge is -2.21. The summed E-state index contributed by atoms with van der Waals surface area (Å²) in [5.74, 6) is 0.611. The number of amides is 2. The Balaban J connectivity index is 1.48. The van der Waals surface area contributed by atoms with Gasteiger partial charge in [-0.2, -0.15) is 0 Å². The fourth-order valence-corrected chi connectivity index (χ4v) is 3.06. The molecule has 3 rings (SSSR count). The van der Waals surface area contributed by atoms with Crippen molar-refractivity contribution in [1.29, 1.82) is 0 Å². The fourth-order valence-electron chi connectivity index (χ4n) is 3.06. The molecule has 0 radical (unpaired) electrons. The molecule has 0 aromatic heterocycles. The molecule has 1 aliphatic heterocycles. The lowest BCUT2D eigenvalue weighted by Crippen LogP contribution is -2.38. The normalized spacial score (nSPS) is 19.3. The van der Waals surface area contributed by atoms with Crippen LogP contribution >= 0.6 is 0 Å². The highest BCUT2D eigenvalue weighted by molar-refractivity contribution is 5.92. The number of carbonyl (C=O) groups excluding carboxylic acids is 2. The predicted octanol–water partition coefficient (Wildman–Crippen LogP) is 1.88. The first-order valence-corrected chi connectivity index (χ1v) is 8.49. The minimum atomic E-state index is 0.0116. The van der Waals surface area contributed by atoms with Gasteiger partial charge in [-0.25, -0.2) is 0 Å². The first kappa shape index (κ1) is 16.0. The molecule has 1 aromatic carbocycles. The average Bonchev–Trinajstić information content (AvgIpc) is 3.34. The lowest BCUT2D eigenvalue weighted by molar-refractivity contribution is -0.132. The summed E-state index contributed by atoms with van der Waals surface area (Å²) < 4.78 is 0. The predicted molar refractivity (Wildman–Crippen MR) is 90.2 cm³/mol. The van der Waals surface area contributed by atoms with Crippen LogP contribution in [-0.2, 0) is 9.59 Å². The van der Waals surface area contributed by atoms with Gasteiger partial charge in [-0.05, 0) is 43.9 Å². The molecule has 1 aliphatic carbocycles. The smallest absolute Gasteiger partial charge is 0.238 e. The highest BCUT2D eigenvalue weighted by Crippen LogP contribution is 2.31. The molecule has 0 spiro atoms. The van der Waals surface area contributed by atoms with Gasteiger partial charge < -0.3 is 10.2 Å². The van der Waals surface area contributed by atoms with Crippen molar-refractivity contribution in [2.75, 3.05) is 38.0 Å². The number of carbonyl (C=O) groups is 2. The second-order valence-electron chi connectivity index (χ2n) is 6.65. The van der Waals surface area contributed by atoms with Crippen LogP contribution in [0, 0.1) is 12.8 Å². The van der Waals surface area contributed by atoms with Crippen LogP contribution in [0.2, 0.25) is 0 Å². The van der Waals surface area contributed by atoms with Crippen molar-refractivity contribution in [3.05, 3.63) is 29.8 Å². The number of rotatable bonds is 4. The molecule has 1 N–H and O–H groups in total. The third-order valence-corrected chi connectivity index (χ3v) is 4.50. The first-order chi connectivity index (χ1) is 11.1. The van der Waals surface area contributed by atoms with Gasteiger partial charge in [-0.3, -0.25) is 14.5 Å². The zero-order chi connectivity index (χ0) is 16.2. The van der Waals surface area contributed by atoms with Crippen LogP contribution in [-0.4, -0.2) is 54.3 Å². The summed E-state index contributed by atoms with van der Waals surface area (Å²) in [6.45, 7) is 5.61. The highest BCUT2D eigenvalue weighted by Gasteiger charge is 2.33. The third-order valence-electron chi connectivity index (χ3n) is 4.50. The Bertz CT molecular complexity index is 583. The molecule has 5 nitrogen and oxygen atoms in total. The monoisotopic (exact) mass is 315 g/mol.